The Balaban J connectivity index is 1.91. The molecule has 0 aliphatic heterocycles. The van der Waals surface area contributed by atoms with Crippen LogP contribution in [0.5, 0.6) is 0 Å². The van der Waals surface area contributed by atoms with Gasteiger partial charge in [0, 0.05) is 31.2 Å². The highest BCUT2D eigenvalue weighted by atomic mass is 16.1. The number of nitrogens with two attached hydrogens (primary N) is 1. The maximum Gasteiger partial charge on any atom is 0.218 e. The Morgan fingerprint density at radius 2 is 2.25 bits per heavy atom. The summed E-state index contributed by atoms with van der Waals surface area (Å²) in [6.45, 7) is 1.38. The number of benzene rings is 1. The summed E-state index contributed by atoms with van der Waals surface area (Å²) in [5, 5.41) is 4.38. The summed E-state index contributed by atoms with van der Waals surface area (Å²) in [6.07, 6.45) is 2.31. The molecule has 84 valence electrons. The van der Waals surface area contributed by atoms with Crippen LogP contribution in [0.3, 0.4) is 0 Å². The van der Waals surface area contributed by atoms with Gasteiger partial charge in [-0.1, -0.05) is 6.07 Å². The van der Waals surface area contributed by atoms with Gasteiger partial charge in [-0.3, -0.25) is 4.79 Å². The fraction of sp³-hybridized carbons (Fsp3) is 0.250. The molecule has 0 radical (unpaired) electrons. The van der Waals surface area contributed by atoms with Crippen LogP contribution in [-0.4, -0.2) is 17.4 Å². The van der Waals surface area contributed by atoms with Crippen LogP contribution in [0.15, 0.2) is 30.5 Å². The molecule has 16 heavy (non-hydrogen) atoms. The first-order valence-electron chi connectivity index (χ1n) is 5.31. The molecule has 0 bridgehead atoms. The number of nitrogens with one attached hydrogen (secondary N) is 2. The number of aromatic amines is 1. The highest BCUT2D eigenvalue weighted by molar-refractivity contribution is 5.79. The number of hydrogen-bond acceptors (Lipinski definition) is 2. The topological polar surface area (TPSA) is 70.9 Å². The molecule has 1 amide bonds. The molecule has 0 aliphatic carbocycles. The van der Waals surface area contributed by atoms with Crippen molar-refractivity contribution in [2.24, 2.45) is 5.73 Å². The maximum atomic E-state index is 10.5. The van der Waals surface area contributed by atoms with Crippen molar-refractivity contribution in [1.29, 1.82) is 0 Å². The van der Waals surface area contributed by atoms with E-state index < -0.39 is 0 Å². The van der Waals surface area contributed by atoms with Crippen LogP contribution < -0.4 is 11.1 Å². The molecule has 4 N–H and O–H groups in total. The lowest BCUT2D eigenvalue weighted by Crippen LogP contribution is -2.21. The molecule has 4 nitrogen and oxygen atoms in total. The second kappa shape index (κ2) is 4.81. The van der Waals surface area contributed by atoms with Crippen molar-refractivity contribution in [2.45, 2.75) is 13.0 Å². The van der Waals surface area contributed by atoms with E-state index in [-0.39, 0.29) is 5.91 Å². The van der Waals surface area contributed by atoms with Crippen LogP contribution in [0, 0.1) is 0 Å². The van der Waals surface area contributed by atoms with E-state index in [4.69, 9.17) is 5.73 Å². The fourth-order valence-corrected chi connectivity index (χ4v) is 1.66. The zero-order chi connectivity index (χ0) is 11.4. The predicted octanol–water partition coefficient (Wildman–Crippen LogP) is 1.13. The average Bonchev–Trinajstić information content (AvgIpc) is 2.71. The van der Waals surface area contributed by atoms with E-state index in [1.807, 2.05) is 12.3 Å². The molecule has 0 unspecified atom stereocenters. The van der Waals surface area contributed by atoms with Gasteiger partial charge >= 0.3 is 0 Å². The van der Waals surface area contributed by atoms with Gasteiger partial charge in [0.05, 0.1) is 0 Å². The van der Waals surface area contributed by atoms with E-state index in [0.717, 1.165) is 12.1 Å². The van der Waals surface area contributed by atoms with Crippen LogP contribution in [0.4, 0.5) is 0 Å². The number of fused-ring (bicyclic) bond motifs is 1. The average molecular weight is 217 g/mol. The maximum absolute atomic E-state index is 10.5. The van der Waals surface area contributed by atoms with E-state index in [9.17, 15) is 4.79 Å². The smallest absolute Gasteiger partial charge is 0.218 e. The highest BCUT2D eigenvalue weighted by Crippen LogP contribution is 2.13. The second-order valence-electron chi connectivity index (χ2n) is 3.79. The first kappa shape index (κ1) is 10.7. The molecule has 0 saturated heterocycles. The third kappa shape index (κ3) is 2.61. The van der Waals surface area contributed by atoms with E-state index in [1.54, 1.807) is 0 Å². The monoisotopic (exact) mass is 217 g/mol. The van der Waals surface area contributed by atoms with Crippen molar-refractivity contribution in [3.05, 3.63) is 36.0 Å². The highest BCUT2D eigenvalue weighted by Gasteiger charge is 1.98. The number of primary amides is 1. The Morgan fingerprint density at radius 1 is 1.38 bits per heavy atom. The summed E-state index contributed by atoms with van der Waals surface area (Å²) in [6, 6.07) is 8.29. The van der Waals surface area contributed by atoms with E-state index in [1.165, 1.54) is 10.9 Å². The molecule has 2 aromatic rings. The molecule has 0 fully saturated rings. The van der Waals surface area contributed by atoms with Gasteiger partial charge in [0.25, 0.3) is 0 Å². The van der Waals surface area contributed by atoms with Gasteiger partial charge in [0.2, 0.25) is 5.91 Å². The molecular weight excluding hydrogens is 202 g/mol. The molecule has 1 aromatic carbocycles. The van der Waals surface area contributed by atoms with Crippen LogP contribution in [0.25, 0.3) is 10.9 Å². The quantitative estimate of drug-likeness (QED) is 0.657. The minimum absolute atomic E-state index is 0.270. The van der Waals surface area contributed by atoms with Crippen molar-refractivity contribution < 1.29 is 4.79 Å². The summed E-state index contributed by atoms with van der Waals surface area (Å²) in [5.74, 6) is -0.270. The standard InChI is InChI=1S/C12H15N3O/c13-12(16)4-5-14-8-9-1-2-11-10(7-9)3-6-15-11/h1-3,6-7,14-15H,4-5,8H2,(H2,13,16). The van der Waals surface area contributed by atoms with Crippen molar-refractivity contribution >= 4 is 16.8 Å². The minimum atomic E-state index is -0.270. The molecule has 0 spiro atoms. The second-order valence-corrected chi connectivity index (χ2v) is 3.79. The van der Waals surface area contributed by atoms with Crippen molar-refractivity contribution in [1.82, 2.24) is 10.3 Å². The lowest BCUT2D eigenvalue weighted by atomic mass is 10.1. The summed E-state index contributed by atoms with van der Waals surface area (Å²) in [5.41, 5.74) is 7.39. The SMILES string of the molecule is NC(=O)CCNCc1ccc2[nH]ccc2c1. The zero-order valence-corrected chi connectivity index (χ0v) is 8.99. The Kier molecular flexibility index (Phi) is 3.22. The molecule has 1 heterocycles. The van der Waals surface area contributed by atoms with Crippen LogP contribution in [-0.2, 0) is 11.3 Å². The lowest BCUT2D eigenvalue weighted by Gasteiger charge is -2.03. The Labute approximate surface area is 93.8 Å². The molecule has 0 aliphatic rings. The van der Waals surface area contributed by atoms with E-state index in [0.29, 0.717) is 13.0 Å². The summed E-state index contributed by atoms with van der Waals surface area (Å²) in [7, 11) is 0. The van der Waals surface area contributed by atoms with E-state index in [2.05, 4.69) is 28.5 Å². The van der Waals surface area contributed by atoms with Gasteiger partial charge in [-0.2, -0.15) is 0 Å². The Bertz CT molecular complexity index is 490. The Hall–Kier alpha value is -1.81. The summed E-state index contributed by atoms with van der Waals surface area (Å²) >= 11 is 0. The first-order chi connectivity index (χ1) is 7.75. The predicted molar refractivity (Wildman–Crippen MR) is 63.8 cm³/mol. The van der Waals surface area contributed by atoms with Gasteiger partial charge in [-0.25, -0.2) is 0 Å². The van der Waals surface area contributed by atoms with Gasteiger partial charge in [0.15, 0.2) is 0 Å². The molecule has 0 saturated carbocycles. The van der Waals surface area contributed by atoms with Crippen molar-refractivity contribution in [3.8, 4) is 0 Å². The van der Waals surface area contributed by atoms with Gasteiger partial charge in [-0.15, -0.1) is 0 Å². The lowest BCUT2D eigenvalue weighted by molar-refractivity contribution is -0.117. The van der Waals surface area contributed by atoms with Crippen LogP contribution in [0.1, 0.15) is 12.0 Å². The number of H-pyrrole nitrogens is 1. The molecular formula is C12H15N3O. The molecule has 0 atom stereocenters. The fourth-order valence-electron chi connectivity index (χ4n) is 1.66. The summed E-state index contributed by atoms with van der Waals surface area (Å²) < 4.78 is 0. The molecule has 1 aromatic heterocycles. The molecule has 4 heteroatoms. The number of carbonyl (C=O) groups is 1. The number of rotatable bonds is 5. The van der Waals surface area contributed by atoms with Gasteiger partial charge in [-0.05, 0) is 29.1 Å². The van der Waals surface area contributed by atoms with Crippen LogP contribution in [0.2, 0.25) is 0 Å². The van der Waals surface area contributed by atoms with Crippen molar-refractivity contribution in [2.75, 3.05) is 6.54 Å². The third-order valence-corrected chi connectivity index (χ3v) is 2.50. The first-order valence-corrected chi connectivity index (χ1v) is 5.31. The summed E-state index contributed by atoms with van der Waals surface area (Å²) in [4.78, 5) is 13.7. The van der Waals surface area contributed by atoms with Gasteiger partial charge < -0.3 is 16.0 Å². The third-order valence-electron chi connectivity index (χ3n) is 2.50. The van der Waals surface area contributed by atoms with E-state index >= 15 is 0 Å². The van der Waals surface area contributed by atoms with Crippen LogP contribution >= 0.6 is 0 Å². The zero-order valence-electron chi connectivity index (χ0n) is 8.99. The molecule has 2 rings (SSSR count). The normalized spacial score (nSPS) is 10.8. The number of aromatic nitrogens is 1. The van der Waals surface area contributed by atoms with Gasteiger partial charge in [0.1, 0.15) is 0 Å². The van der Waals surface area contributed by atoms with Crippen molar-refractivity contribution in [3.63, 3.8) is 0 Å². The largest absolute Gasteiger partial charge is 0.370 e. The number of amides is 1. The Morgan fingerprint density at radius 3 is 3.06 bits per heavy atom. The minimum Gasteiger partial charge on any atom is -0.370 e. The number of carbonyl (C=O) groups excluding carboxylic acids is 1. The number of hydrogen-bond donors (Lipinski definition) is 3.